The zero-order valence-electron chi connectivity index (χ0n) is 11.6. The molecule has 1 fully saturated rings. The van der Waals surface area contributed by atoms with Crippen molar-refractivity contribution in [2.24, 2.45) is 13.0 Å². The number of Topliss-reactive ketones (excluding diaryl/α,β-unsaturated/α-hetero) is 1. The second-order valence-electron chi connectivity index (χ2n) is 4.87. The average Bonchev–Trinajstić information content (AvgIpc) is 2.97. The van der Waals surface area contributed by atoms with Crippen molar-refractivity contribution in [2.75, 3.05) is 20.3 Å². The molecule has 2 atom stereocenters. The number of nitrogens with zero attached hydrogens (tertiary/aromatic N) is 2. The molecule has 6 heteroatoms. The molecule has 1 saturated heterocycles. The van der Waals surface area contributed by atoms with E-state index >= 15 is 0 Å². The maximum Gasteiger partial charge on any atom is 0.145 e. The van der Waals surface area contributed by atoms with Gasteiger partial charge in [0.05, 0.1) is 35.0 Å². The molecule has 0 bridgehead atoms. The van der Waals surface area contributed by atoms with E-state index in [4.69, 9.17) is 4.74 Å². The van der Waals surface area contributed by atoms with Crippen LogP contribution < -0.4 is 5.32 Å². The van der Waals surface area contributed by atoms with E-state index in [2.05, 4.69) is 33.3 Å². The van der Waals surface area contributed by atoms with Gasteiger partial charge in [0, 0.05) is 19.5 Å². The number of carbonyl (C=O) groups excluding carboxylic acids is 1. The number of aromatic nitrogens is 2. The Morgan fingerprint density at radius 3 is 2.89 bits per heavy atom. The topological polar surface area (TPSA) is 56.2 Å². The van der Waals surface area contributed by atoms with E-state index in [0.29, 0.717) is 19.6 Å². The lowest BCUT2D eigenvalue weighted by atomic mass is 9.95. The quantitative estimate of drug-likeness (QED) is 0.878. The van der Waals surface area contributed by atoms with E-state index in [1.165, 1.54) is 0 Å². The van der Waals surface area contributed by atoms with Crippen LogP contribution in [0.1, 0.15) is 18.3 Å². The van der Waals surface area contributed by atoms with Gasteiger partial charge in [0.2, 0.25) is 0 Å². The van der Waals surface area contributed by atoms with Gasteiger partial charge in [-0.15, -0.1) is 0 Å². The number of carbonyl (C=O) groups is 1. The fourth-order valence-corrected chi connectivity index (χ4v) is 3.22. The van der Waals surface area contributed by atoms with Crippen LogP contribution in [0.2, 0.25) is 0 Å². The van der Waals surface area contributed by atoms with E-state index in [9.17, 15) is 4.79 Å². The van der Waals surface area contributed by atoms with Gasteiger partial charge in [0.25, 0.3) is 0 Å². The van der Waals surface area contributed by atoms with Crippen molar-refractivity contribution in [3.63, 3.8) is 0 Å². The van der Waals surface area contributed by atoms with Gasteiger partial charge >= 0.3 is 0 Å². The lowest BCUT2D eigenvalue weighted by Crippen LogP contribution is -2.37. The summed E-state index contributed by atoms with van der Waals surface area (Å²) in [7, 11) is 3.75. The van der Waals surface area contributed by atoms with Crippen LogP contribution in [0.25, 0.3) is 0 Å². The van der Waals surface area contributed by atoms with Crippen molar-refractivity contribution >= 4 is 21.7 Å². The number of hydrogen-bond acceptors (Lipinski definition) is 4. The monoisotopic (exact) mass is 329 g/mol. The summed E-state index contributed by atoms with van der Waals surface area (Å²) in [5.41, 5.74) is 1.95. The summed E-state index contributed by atoms with van der Waals surface area (Å²) in [6, 6.07) is 0.130. The molecular formula is C13H20BrN3O2. The molecule has 2 heterocycles. The van der Waals surface area contributed by atoms with Crippen LogP contribution in [0.3, 0.4) is 0 Å². The third kappa shape index (κ3) is 2.90. The SMILES string of the molecule is CCc1nn(C)c(CC(=O)C2COCC2NC)c1Br. The first-order valence-corrected chi connectivity index (χ1v) is 7.35. The average molecular weight is 330 g/mol. The van der Waals surface area contributed by atoms with Gasteiger partial charge in [0.1, 0.15) is 5.78 Å². The standard InChI is InChI=1S/C13H20BrN3O2/c1-4-9-13(14)11(17(3)16-9)5-12(18)8-6-19-7-10(8)15-2/h8,10,15H,4-7H2,1-3H3. The number of nitrogens with one attached hydrogen (secondary N) is 1. The molecule has 2 rings (SSSR count). The summed E-state index contributed by atoms with van der Waals surface area (Å²) in [6.45, 7) is 3.18. The molecule has 0 aromatic carbocycles. The van der Waals surface area contributed by atoms with Gasteiger partial charge in [0.15, 0.2) is 0 Å². The summed E-state index contributed by atoms with van der Waals surface area (Å²) < 4.78 is 8.15. The summed E-state index contributed by atoms with van der Waals surface area (Å²) in [5.74, 6) is 0.153. The van der Waals surface area contributed by atoms with Gasteiger partial charge in [-0.2, -0.15) is 5.10 Å². The highest BCUT2D eigenvalue weighted by Gasteiger charge is 2.33. The van der Waals surface area contributed by atoms with Crippen LogP contribution >= 0.6 is 15.9 Å². The Balaban J connectivity index is 2.13. The molecule has 5 nitrogen and oxygen atoms in total. The number of rotatable bonds is 5. The smallest absolute Gasteiger partial charge is 0.145 e. The normalized spacial score (nSPS) is 22.9. The van der Waals surface area contributed by atoms with Crippen molar-refractivity contribution in [3.05, 3.63) is 15.9 Å². The molecule has 1 aromatic rings. The molecule has 0 saturated carbocycles. The highest BCUT2D eigenvalue weighted by Crippen LogP contribution is 2.24. The number of aryl methyl sites for hydroxylation is 2. The van der Waals surface area contributed by atoms with Crippen molar-refractivity contribution in [2.45, 2.75) is 25.8 Å². The maximum absolute atomic E-state index is 12.4. The van der Waals surface area contributed by atoms with E-state index in [1.807, 2.05) is 14.1 Å². The summed E-state index contributed by atoms with van der Waals surface area (Å²) >= 11 is 3.55. The lowest BCUT2D eigenvalue weighted by Gasteiger charge is -2.15. The van der Waals surface area contributed by atoms with E-state index in [1.54, 1.807) is 4.68 Å². The fraction of sp³-hybridized carbons (Fsp3) is 0.692. The van der Waals surface area contributed by atoms with Crippen molar-refractivity contribution < 1.29 is 9.53 Å². The predicted octanol–water partition coefficient (Wildman–Crippen LogP) is 1.09. The summed E-state index contributed by atoms with van der Waals surface area (Å²) in [4.78, 5) is 12.4. The molecule has 1 N–H and O–H groups in total. The predicted molar refractivity (Wildman–Crippen MR) is 76.2 cm³/mol. The number of halogens is 1. The number of likely N-dealkylation sites (N-methyl/N-ethyl adjacent to an activating group) is 1. The highest BCUT2D eigenvalue weighted by atomic mass is 79.9. The van der Waals surface area contributed by atoms with Crippen LogP contribution in [0.15, 0.2) is 4.47 Å². The number of hydrogen-bond donors (Lipinski definition) is 1. The Labute approximate surface area is 121 Å². The van der Waals surface area contributed by atoms with Crippen LogP contribution in [-0.4, -0.2) is 41.9 Å². The minimum Gasteiger partial charge on any atom is -0.379 e. The third-order valence-corrected chi connectivity index (χ3v) is 4.62. The van der Waals surface area contributed by atoms with Gasteiger partial charge in [-0.25, -0.2) is 0 Å². The van der Waals surface area contributed by atoms with Gasteiger partial charge in [-0.1, -0.05) is 6.92 Å². The molecule has 19 heavy (non-hydrogen) atoms. The maximum atomic E-state index is 12.4. The first-order valence-electron chi connectivity index (χ1n) is 6.56. The van der Waals surface area contributed by atoms with Crippen LogP contribution in [0.4, 0.5) is 0 Å². The second-order valence-corrected chi connectivity index (χ2v) is 5.66. The van der Waals surface area contributed by atoms with Gasteiger partial charge in [-0.05, 0) is 29.4 Å². The molecule has 0 amide bonds. The molecule has 1 aliphatic rings. The molecule has 0 radical (unpaired) electrons. The van der Waals surface area contributed by atoms with Gasteiger partial charge in [-0.3, -0.25) is 9.48 Å². The molecule has 0 aliphatic carbocycles. The van der Waals surface area contributed by atoms with Crippen LogP contribution in [-0.2, 0) is 29.4 Å². The number of ketones is 1. The molecule has 2 unspecified atom stereocenters. The Morgan fingerprint density at radius 1 is 1.58 bits per heavy atom. The Hall–Kier alpha value is -0.720. The van der Waals surface area contributed by atoms with E-state index < -0.39 is 0 Å². The Morgan fingerprint density at radius 2 is 2.32 bits per heavy atom. The second kappa shape index (κ2) is 6.15. The molecular weight excluding hydrogens is 310 g/mol. The van der Waals surface area contributed by atoms with Crippen molar-refractivity contribution in [1.82, 2.24) is 15.1 Å². The van der Waals surface area contributed by atoms with E-state index in [0.717, 1.165) is 22.3 Å². The zero-order chi connectivity index (χ0) is 14.0. The van der Waals surface area contributed by atoms with E-state index in [-0.39, 0.29) is 17.7 Å². The van der Waals surface area contributed by atoms with Crippen LogP contribution in [0, 0.1) is 5.92 Å². The zero-order valence-corrected chi connectivity index (χ0v) is 13.2. The van der Waals surface area contributed by atoms with Crippen LogP contribution in [0.5, 0.6) is 0 Å². The molecule has 106 valence electrons. The number of ether oxygens (including phenoxy) is 1. The Kier molecular flexibility index (Phi) is 4.76. The fourth-order valence-electron chi connectivity index (χ4n) is 2.46. The first-order chi connectivity index (χ1) is 9.08. The molecule has 0 spiro atoms. The van der Waals surface area contributed by atoms with Crippen molar-refractivity contribution in [1.29, 1.82) is 0 Å². The lowest BCUT2D eigenvalue weighted by molar-refractivity contribution is -0.122. The van der Waals surface area contributed by atoms with Gasteiger partial charge < -0.3 is 10.1 Å². The molecule has 1 aliphatic heterocycles. The summed E-state index contributed by atoms with van der Waals surface area (Å²) in [5, 5.41) is 7.56. The molecule has 1 aromatic heterocycles. The summed E-state index contributed by atoms with van der Waals surface area (Å²) in [6.07, 6.45) is 1.25. The minimum atomic E-state index is -0.0584. The highest BCUT2D eigenvalue weighted by molar-refractivity contribution is 9.10. The Bertz CT molecular complexity index is 473. The third-order valence-electron chi connectivity index (χ3n) is 3.71. The largest absolute Gasteiger partial charge is 0.379 e. The van der Waals surface area contributed by atoms with Crippen molar-refractivity contribution in [3.8, 4) is 0 Å². The minimum absolute atomic E-state index is 0.0584. The first kappa shape index (κ1) is 14.7.